The molecular weight excluding hydrogens is 1560 g/mol. The van der Waals surface area contributed by atoms with Crippen molar-refractivity contribution in [1.29, 1.82) is 0 Å². The van der Waals surface area contributed by atoms with Crippen molar-refractivity contribution in [1.82, 2.24) is 77.4 Å². The van der Waals surface area contributed by atoms with Crippen molar-refractivity contribution < 1.29 is 24.3 Å². The fourth-order valence-corrected chi connectivity index (χ4v) is 13.8. The summed E-state index contributed by atoms with van der Waals surface area (Å²) in [5, 5.41) is 30.2. The summed E-state index contributed by atoms with van der Waals surface area (Å²) in [6.45, 7) is 16.2. The highest BCUT2D eigenvalue weighted by atomic mass is 16.3. The SMILES string of the molecule is Cc1ccc(C(=O)Nc2ccc(-c3cn4cccc(C)c4n3)cc2)nc1.Cc1cnc(C(=O)Nc2ccc(-c3cn4cccc(C)c4n3)cc2)c(NCCO)c1.Cc1cnc(C(=O)Nc2ccc(-c3cn4cccc(C)c4n3)cc2)c(Nc2ccc3nc[nH]c3c2)c1.Cc1cnc(C(=O)Nc2ccc(-c3cn4cccc(C)c4n3)cc2)c(Nc2cnc[nH]2)c1. The Labute approximate surface area is 711 Å². The van der Waals surface area contributed by atoms with E-state index in [1.165, 1.54) is 0 Å². The molecule has 0 atom stereocenters. The van der Waals surface area contributed by atoms with Crippen LogP contribution < -0.4 is 37.2 Å². The maximum Gasteiger partial charge on any atom is 0.276 e. The normalized spacial score (nSPS) is 11.0. The van der Waals surface area contributed by atoms with Crippen LogP contribution in [0.5, 0.6) is 0 Å². The van der Waals surface area contributed by atoms with E-state index in [1.54, 1.807) is 49.7 Å². The van der Waals surface area contributed by atoms with E-state index in [0.29, 0.717) is 63.6 Å². The van der Waals surface area contributed by atoms with Gasteiger partial charge in [0.05, 0.1) is 76.3 Å². The number of aliphatic hydroxyl groups is 1. The molecule has 0 spiro atoms. The number of pyridine rings is 8. The predicted octanol–water partition coefficient (Wildman–Crippen LogP) is 18.6. The zero-order valence-corrected chi connectivity index (χ0v) is 68.9. The van der Waals surface area contributed by atoms with Gasteiger partial charge in [-0.3, -0.25) is 24.2 Å². The van der Waals surface area contributed by atoms with Crippen molar-refractivity contribution >= 4 is 109 Å². The van der Waals surface area contributed by atoms with Crippen molar-refractivity contribution in [2.45, 2.75) is 55.4 Å². The Kier molecular flexibility index (Phi) is 23.8. The summed E-state index contributed by atoms with van der Waals surface area (Å²) in [6.07, 6.45) is 27.5. The minimum Gasteiger partial charge on any atom is -0.395 e. The molecule has 5 aromatic carbocycles. The van der Waals surface area contributed by atoms with Gasteiger partial charge in [0, 0.05) is 132 Å². The van der Waals surface area contributed by atoms with Gasteiger partial charge < -0.3 is 69.9 Å². The highest BCUT2D eigenvalue weighted by molar-refractivity contribution is 6.09. The first-order chi connectivity index (χ1) is 60.2. The molecular formula is C96H85N23O5. The monoisotopic (exact) mass is 1640 g/mol. The van der Waals surface area contributed by atoms with E-state index < -0.39 is 0 Å². The van der Waals surface area contributed by atoms with Gasteiger partial charge in [-0.05, 0) is 215 Å². The number of nitrogens with one attached hydrogen (secondary N) is 9. The zero-order chi connectivity index (χ0) is 85.9. The van der Waals surface area contributed by atoms with Crippen LogP contribution in [0.1, 0.15) is 86.5 Å². The minimum absolute atomic E-state index is 0.0287. The van der Waals surface area contributed by atoms with Crippen molar-refractivity contribution in [3.05, 3.63) is 355 Å². The Morgan fingerprint density at radius 1 is 0.355 bits per heavy atom. The number of fused-ring (bicyclic) bond motifs is 5. The van der Waals surface area contributed by atoms with E-state index in [4.69, 9.17) is 25.0 Å². The number of hydrogen-bond acceptors (Lipinski definition) is 18. The number of imidazole rings is 6. The van der Waals surface area contributed by atoms with Crippen LogP contribution in [-0.2, 0) is 0 Å². The molecule has 614 valence electrons. The number of hydrogen-bond donors (Lipinski definition) is 10. The van der Waals surface area contributed by atoms with E-state index in [0.717, 1.165) is 135 Å². The molecule has 124 heavy (non-hydrogen) atoms. The number of H-pyrrole nitrogens is 2. The molecule has 0 unspecified atom stereocenters. The largest absolute Gasteiger partial charge is 0.395 e. The average Bonchev–Trinajstić information content (AvgIpc) is 1.51. The third-order valence-electron chi connectivity index (χ3n) is 20.2. The molecule has 28 nitrogen and oxygen atoms in total. The molecule has 19 aromatic rings. The molecule has 0 bridgehead atoms. The molecule has 0 aliphatic rings. The fraction of sp³-hybridized carbons (Fsp3) is 0.104. The lowest BCUT2D eigenvalue weighted by Gasteiger charge is -2.13. The number of aromatic nitrogens is 16. The van der Waals surface area contributed by atoms with Gasteiger partial charge in [0.15, 0.2) is 17.1 Å². The topological polar surface area (TPSA) is 351 Å². The number of nitrogens with zero attached hydrogens (tertiary/aromatic N) is 14. The Morgan fingerprint density at radius 3 is 1.10 bits per heavy atom. The molecule has 0 aliphatic heterocycles. The summed E-state index contributed by atoms with van der Waals surface area (Å²) >= 11 is 0. The fourth-order valence-electron chi connectivity index (χ4n) is 13.8. The molecule has 0 saturated carbocycles. The Hall–Kier alpha value is -16.6. The number of aryl methyl sites for hydroxylation is 8. The number of rotatable bonds is 19. The van der Waals surface area contributed by atoms with Crippen LogP contribution in [-0.4, -0.2) is 119 Å². The van der Waals surface area contributed by atoms with Gasteiger partial charge in [0.1, 0.15) is 34.1 Å². The van der Waals surface area contributed by atoms with Gasteiger partial charge in [0.2, 0.25) is 0 Å². The predicted molar refractivity (Wildman–Crippen MR) is 486 cm³/mol. The minimum atomic E-state index is -0.313. The lowest BCUT2D eigenvalue weighted by atomic mass is 10.1. The number of anilines is 9. The molecule has 0 saturated heterocycles. The molecule has 14 aromatic heterocycles. The number of aromatic amines is 2. The Balaban J connectivity index is 0.000000123. The second-order valence-electron chi connectivity index (χ2n) is 29.8. The Morgan fingerprint density at radius 2 is 0.726 bits per heavy atom. The lowest BCUT2D eigenvalue weighted by molar-refractivity contribution is 0.101. The number of carbonyl (C=O) groups excluding carboxylic acids is 4. The molecule has 28 heteroatoms. The molecule has 4 amide bonds. The van der Waals surface area contributed by atoms with E-state index in [9.17, 15) is 19.2 Å². The third kappa shape index (κ3) is 18.9. The number of amides is 4. The van der Waals surface area contributed by atoms with E-state index in [1.807, 2.05) is 311 Å². The summed E-state index contributed by atoms with van der Waals surface area (Å²) in [7, 11) is 0. The summed E-state index contributed by atoms with van der Waals surface area (Å²) < 4.78 is 8.05. The number of aliphatic hydroxyl groups excluding tert-OH is 1. The van der Waals surface area contributed by atoms with Crippen LogP contribution in [0.3, 0.4) is 0 Å². The van der Waals surface area contributed by atoms with E-state index >= 15 is 0 Å². The summed E-state index contributed by atoms with van der Waals surface area (Å²) in [4.78, 5) is 101. The van der Waals surface area contributed by atoms with Gasteiger partial charge in [-0.2, -0.15) is 0 Å². The van der Waals surface area contributed by atoms with Crippen LogP contribution in [0.25, 0.3) is 78.7 Å². The van der Waals surface area contributed by atoms with Gasteiger partial charge >= 0.3 is 0 Å². The average molecular weight is 1640 g/mol. The van der Waals surface area contributed by atoms with Gasteiger partial charge in [-0.15, -0.1) is 0 Å². The number of benzene rings is 5. The molecule has 10 N–H and O–H groups in total. The molecule has 0 aliphatic carbocycles. The van der Waals surface area contributed by atoms with Gasteiger partial charge in [-0.1, -0.05) is 78.9 Å². The highest BCUT2D eigenvalue weighted by Crippen LogP contribution is 2.31. The van der Waals surface area contributed by atoms with Crippen LogP contribution in [0.15, 0.2) is 287 Å². The first-order valence-corrected chi connectivity index (χ1v) is 39.8. The van der Waals surface area contributed by atoms with Crippen LogP contribution >= 0.6 is 0 Å². The third-order valence-corrected chi connectivity index (χ3v) is 20.2. The van der Waals surface area contributed by atoms with Crippen LogP contribution in [0.4, 0.5) is 51.3 Å². The van der Waals surface area contributed by atoms with Crippen molar-refractivity contribution in [2.75, 3.05) is 50.4 Å². The molecule has 0 radical (unpaired) electrons. The maximum atomic E-state index is 13.2. The van der Waals surface area contributed by atoms with E-state index in [2.05, 4.69) is 77.1 Å². The van der Waals surface area contributed by atoms with Crippen molar-refractivity contribution in [2.24, 2.45) is 0 Å². The van der Waals surface area contributed by atoms with Gasteiger partial charge in [-0.25, -0.2) is 44.9 Å². The smallest absolute Gasteiger partial charge is 0.276 e. The maximum absolute atomic E-state index is 13.2. The highest BCUT2D eigenvalue weighted by Gasteiger charge is 2.21. The van der Waals surface area contributed by atoms with Crippen molar-refractivity contribution in [3.63, 3.8) is 0 Å². The van der Waals surface area contributed by atoms with Crippen molar-refractivity contribution in [3.8, 4) is 45.0 Å². The summed E-state index contributed by atoms with van der Waals surface area (Å²) in [5.74, 6) is -0.453. The van der Waals surface area contributed by atoms with Crippen LogP contribution in [0.2, 0.25) is 0 Å². The first kappa shape index (κ1) is 81.1. The summed E-state index contributed by atoms with van der Waals surface area (Å²) in [6, 6.07) is 61.6. The molecule has 14 heterocycles. The Bertz CT molecular complexity index is 7100. The lowest BCUT2D eigenvalue weighted by Crippen LogP contribution is -2.18. The summed E-state index contributed by atoms with van der Waals surface area (Å²) in [5.41, 5.74) is 28.0. The van der Waals surface area contributed by atoms with Gasteiger partial charge in [0.25, 0.3) is 23.6 Å². The molecule has 19 rings (SSSR count). The quantitative estimate of drug-likeness (QED) is 0.0359. The first-order valence-electron chi connectivity index (χ1n) is 39.8. The van der Waals surface area contributed by atoms with E-state index in [-0.39, 0.29) is 35.9 Å². The second-order valence-corrected chi connectivity index (χ2v) is 29.8. The second kappa shape index (κ2) is 36.3. The molecule has 0 fully saturated rings. The number of carbonyl (C=O) groups is 4. The van der Waals surface area contributed by atoms with Crippen LogP contribution in [0, 0.1) is 55.4 Å². The zero-order valence-electron chi connectivity index (χ0n) is 68.9. The standard InChI is InChI=1S/C28H23N7O.C24H21N7O.C23H23N5O2.C21H18N4O/c1-17-12-24(32-21-9-10-22-23(13-21)31-16-30-22)26(29-14-17)28(36)33-20-7-5-19(6-8-20)25-15-35-11-3-4-18(2)27(35)34-25;1-15-10-19(29-21-12-25-14-27-21)22(26-11-15)24(32)28-18-7-5-17(6-8-18)20-13-31-9-3-4-16(2)23(31)30-20;1-15-12-19(24-9-11-29)21(25-13-15)23(30)26-18-7-5-17(6-8-18)20-14-28-10-3-4-16(2)22(28)27-20;1-14-5-10-18(22-12-14)21(26)23-17-8-6-16(7-9-17)19-13-25-11-3-4-15(2)20(25)24-19/h3-16,32H,1-2H3,(H,30,31)(H,33,36);3-14,29H,1-2H3,(H,25,27)(H,28,32);3-8,10,12-14,24,29H,9,11H2,1-2H3,(H,26,30);3-13H,1-2H3,(H,23,26).